The molecule has 0 heterocycles. The highest BCUT2D eigenvalue weighted by Crippen LogP contribution is 2.33. The highest BCUT2D eigenvalue weighted by atomic mass is 79.9. The standard InChI is InChI=1S/C13H19BrN2O4S/c1-19-9-4-3-8(5-9)16-21(17,18)13-7-11(15)10(14)6-12(13)20-2/h6-9,16H,3-5,15H2,1-2H3. The van der Waals surface area contributed by atoms with E-state index in [1.165, 1.54) is 13.2 Å². The fourth-order valence-electron chi connectivity index (χ4n) is 2.46. The molecule has 0 aromatic heterocycles. The van der Waals surface area contributed by atoms with Gasteiger partial charge in [-0.25, -0.2) is 13.1 Å². The van der Waals surface area contributed by atoms with E-state index in [-0.39, 0.29) is 22.8 Å². The van der Waals surface area contributed by atoms with E-state index in [1.807, 2.05) is 0 Å². The fraction of sp³-hybridized carbons (Fsp3) is 0.538. The molecular weight excluding hydrogens is 360 g/mol. The van der Waals surface area contributed by atoms with E-state index in [9.17, 15) is 8.42 Å². The van der Waals surface area contributed by atoms with E-state index in [2.05, 4.69) is 20.7 Å². The van der Waals surface area contributed by atoms with Crippen molar-refractivity contribution in [1.82, 2.24) is 4.72 Å². The Labute approximate surface area is 133 Å². The minimum atomic E-state index is -3.69. The van der Waals surface area contributed by atoms with E-state index < -0.39 is 10.0 Å². The Bertz CT molecular complexity index is 621. The predicted molar refractivity (Wildman–Crippen MR) is 83.9 cm³/mol. The van der Waals surface area contributed by atoms with Gasteiger partial charge in [-0.3, -0.25) is 0 Å². The molecule has 118 valence electrons. The number of benzene rings is 1. The van der Waals surface area contributed by atoms with Crippen LogP contribution in [0.4, 0.5) is 5.69 Å². The van der Waals surface area contributed by atoms with Crippen molar-refractivity contribution in [2.24, 2.45) is 0 Å². The Morgan fingerprint density at radius 1 is 1.33 bits per heavy atom. The number of hydrogen-bond acceptors (Lipinski definition) is 5. The van der Waals surface area contributed by atoms with Gasteiger partial charge in [-0.1, -0.05) is 0 Å². The number of nitrogen functional groups attached to an aromatic ring is 1. The van der Waals surface area contributed by atoms with Crippen molar-refractivity contribution in [2.75, 3.05) is 20.0 Å². The molecule has 6 nitrogen and oxygen atoms in total. The van der Waals surface area contributed by atoms with Crippen molar-refractivity contribution in [3.05, 3.63) is 16.6 Å². The Hall–Kier alpha value is -0.830. The summed E-state index contributed by atoms with van der Waals surface area (Å²) >= 11 is 3.26. The molecule has 1 aromatic carbocycles. The Kier molecular flexibility index (Phi) is 5.13. The molecule has 0 saturated heterocycles. The van der Waals surface area contributed by atoms with Crippen LogP contribution < -0.4 is 15.2 Å². The van der Waals surface area contributed by atoms with Crippen molar-refractivity contribution in [1.29, 1.82) is 0 Å². The van der Waals surface area contributed by atoms with Gasteiger partial charge in [-0.2, -0.15) is 0 Å². The average Bonchev–Trinajstić information content (AvgIpc) is 2.88. The Morgan fingerprint density at radius 3 is 2.62 bits per heavy atom. The maximum absolute atomic E-state index is 12.5. The summed E-state index contributed by atoms with van der Waals surface area (Å²) in [5, 5.41) is 0. The maximum atomic E-state index is 12.5. The lowest BCUT2D eigenvalue weighted by molar-refractivity contribution is 0.107. The van der Waals surface area contributed by atoms with Gasteiger partial charge in [0.25, 0.3) is 0 Å². The summed E-state index contributed by atoms with van der Waals surface area (Å²) < 4.78 is 38.7. The topological polar surface area (TPSA) is 90.7 Å². The van der Waals surface area contributed by atoms with Gasteiger partial charge in [0.15, 0.2) is 0 Å². The molecule has 8 heteroatoms. The molecular formula is C13H19BrN2O4S. The third-order valence-electron chi connectivity index (χ3n) is 3.61. The number of sulfonamides is 1. The van der Waals surface area contributed by atoms with Gasteiger partial charge >= 0.3 is 0 Å². The SMILES string of the molecule is COc1cc(Br)c(N)cc1S(=O)(=O)NC1CCC(OC)C1. The van der Waals surface area contributed by atoms with Crippen LogP contribution in [0.1, 0.15) is 19.3 Å². The van der Waals surface area contributed by atoms with Gasteiger partial charge < -0.3 is 15.2 Å². The van der Waals surface area contributed by atoms with Crippen LogP contribution in [0, 0.1) is 0 Å². The third kappa shape index (κ3) is 3.68. The van der Waals surface area contributed by atoms with Gasteiger partial charge in [0, 0.05) is 23.3 Å². The number of hydrogen-bond donors (Lipinski definition) is 2. The first-order chi connectivity index (χ1) is 9.87. The molecule has 3 N–H and O–H groups in total. The molecule has 2 rings (SSSR count). The average molecular weight is 379 g/mol. The van der Waals surface area contributed by atoms with Crippen LogP contribution in [0.3, 0.4) is 0 Å². The minimum Gasteiger partial charge on any atom is -0.495 e. The second-order valence-corrected chi connectivity index (χ2v) is 7.55. The summed E-state index contributed by atoms with van der Waals surface area (Å²) in [7, 11) is -0.626. The lowest BCUT2D eigenvalue weighted by atomic mass is 10.3. The molecule has 1 aliphatic carbocycles. The summed E-state index contributed by atoms with van der Waals surface area (Å²) in [6.07, 6.45) is 2.38. The van der Waals surface area contributed by atoms with Crippen LogP contribution in [0.2, 0.25) is 0 Å². The van der Waals surface area contributed by atoms with Crippen LogP contribution >= 0.6 is 15.9 Å². The predicted octanol–water partition coefficient (Wildman–Crippen LogP) is 1.89. The first-order valence-electron chi connectivity index (χ1n) is 6.55. The normalized spacial score (nSPS) is 22.4. The largest absolute Gasteiger partial charge is 0.495 e. The molecule has 1 fully saturated rings. The maximum Gasteiger partial charge on any atom is 0.244 e. The van der Waals surface area contributed by atoms with E-state index in [0.717, 1.165) is 12.8 Å². The number of anilines is 1. The van der Waals surface area contributed by atoms with Crippen LogP contribution in [-0.4, -0.2) is 34.8 Å². The first kappa shape index (κ1) is 16.5. The molecule has 1 aromatic rings. The first-order valence-corrected chi connectivity index (χ1v) is 8.83. The third-order valence-corrected chi connectivity index (χ3v) is 5.84. The lowest BCUT2D eigenvalue weighted by Crippen LogP contribution is -2.33. The van der Waals surface area contributed by atoms with Crippen molar-refractivity contribution >= 4 is 31.6 Å². The van der Waals surface area contributed by atoms with Gasteiger partial charge in [-0.15, -0.1) is 0 Å². The summed E-state index contributed by atoms with van der Waals surface area (Å²) in [5.41, 5.74) is 6.12. The zero-order chi connectivity index (χ0) is 15.6. The van der Waals surface area contributed by atoms with E-state index in [1.54, 1.807) is 13.2 Å². The van der Waals surface area contributed by atoms with Crippen molar-refractivity contribution in [3.63, 3.8) is 0 Å². The number of methoxy groups -OCH3 is 2. The molecule has 2 unspecified atom stereocenters. The van der Waals surface area contributed by atoms with Crippen molar-refractivity contribution in [2.45, 2.75) is 36.3 Å². The number of nitrogens with one attached hydrogen (secondary N) is 1. The monoisotopic (exact) mass is 378 g/mol. The van der Waals surface area contributed by atoms with Crippen molar-refractivity contribution in [3.8, 4) is 5.75 Å². The molecule has 0 bridgehead atoms. The second kappa shape index (κ2) is 6.51. The molecule has 2 atom stereocenters. The zero-order valence-electron chi connectivity index (χ0n) is 11.9. The molecule has 1 saturated carbocycles. The zero-order valence-corrected chi connectivity index (χ0v) is 14.3. The molecule has 21 heavy (non-hydrogen) atoms. The van der Waals surface area contributed by atoms with Gasteiger partial charge in [0.05, 0.1) is 13.2 Å². The van der Waals surface area contributed by atoms with Gasteiger partial charge in [0.1, 0.15) is 10.6 Å². The van der Waals surface area contributed by atoms with Crippen LogP contribution in [-0.2, 0) is 14.8 Å². The highest BCUT2D eigenvalue weighted by molar-refractivity contribution is 9.10. The molecule has 0 aliphatic heterocycles. The number of halogens is 1. The van der Waals surface area contributed by atoms with Gasteiger partial charge in [0.2, 0.25) is 10.0 Å². The number of ether oxygens (including phenoxy) is 2. The van der Waals surface area contributed by atoms with Crippen LogP contribution in [0.25, 0.3) is 0 Å². The second-order valence-electron chi connectivity index (χ2n) is 5.01. The van der Waals surface area contributed by atoms with E-state index >= 15 is 0 Å². The number of nitrogens with two attached hydrogens (primary N) is 1. The van der Waals surface area contributed by atoms with Crippen LogP contribution in [0.5, 0.6) is 5.75 Å². The molecule has 0 radical (unpaired) electrons. The van der Waals surface area contributed by atoms with Crippen LogP contribution in [0.15, 0.2) is 21.5 Å². The lowest BCUT2D eigenvalue weighted by Gasteiger charge is -2.16. The molecule has 0 amide bonds. The summed E-state index contributed by atoms with van der Waals surface area (Å²) in [6, 6.07) is 2.82. The Balaban J connectivity index is 2.26. The Morgan fingerprint density at radius 2 is 2.05 bits per heavy atom. The summed E-state index contributed by atoms with van der Waals surface area (Å²) in [5.74, 6) is 0.255. The molecule has 0 spiro atoms. The summed E-state index contributed by atoms with van der Waals surface area (Å²) in [4.78, 5) is 0.0477. The highest BCUT2D eigenvalue weighted by Gasteiger charge is 2.30. The van der Waals surface area contributed by atoms with Crippen molar-refractivity contribution < 1.29 is 17.9 Å². The summed E-state index contributed by atoms with van der Waals surface area (Å²) in [6.45, 7) is 0. The van der Waals surface area contributed by atoms with Gasteiger partial charge in [-0.05, 0) is 47.3 Å². The minimum absolute atomic E-state index is 0.0477. The number of rotatable bonds is 5. The van der Waals surface area contributed by atoms with E-state index in [4.69, 9.17) is 15.2 Å². The smallest absolute Gasteiger partial charge is 0.244 e. The van der Waals surface area contributed by atoms with E-state index in [0.29, 0.717) is 16.6 Å². The quantitative estimate of drug-likeness (QED) is 0.763. The molecule has 1 aliphatic rings. The fourth-order valence-corrected chi connectivity index (χ4v) is 4.26.